The van der Waals surface area contributed by atoms with Gasteiger partial charge >= 0.3 is 0 Å². The predicted molar refractivity (Wildman–Crippen MR) is 126 cm³/mol. The molecule has 9 heteroatoms. The molecule has 0 radical (unpaired) electrons. The Morgan fingerprint density at radius 2 is 2.09 bits per heavy atom. The SMILES string of the molecule is Cc1nn(-c2cccc(F)c2)c2nc(N3CCC[C@@H](C(=O)Nc4ccccc4Cl)C3)sc12. The van der Waals surface area contributed by atoms with Gasteiger partial charge in [-0.15, -0.1) is 0 Å². The Bertz CT molecular complexity index is 1300. The Morgan fingerprint density at radius 1 is 1.25 bits per heavy atom. The number of nitrogens with zero attached hydrogens (tertiary/aromatic N) is 4. The van der Waals surface area contributed by atoms with Gasteiger partial charge in [0.1, 0.15) is 5.82 Å². The summed E-state index contributed by atoms with van der Waals surface area (Å²) in [4.78, 5) is 19.9. The Labute approximate surface area is 193 Å². The molecule has 1 aliphatic heterocycles. The van der Waals surface area contributed by atoms with Gasteiger partial charge in [-0.25, -0.2) is 9.07 Å². The topological polar surface area (TPSA) is 63.1 Å². The van der Waals surface area contributed by atoms with Crippen molar-refractivity contribution in [1.29, 1.82) is 0 Å². The number of nitrogens with one attached hydrogen (secondary N) is 1. The number of aromatic nitrogens is 3. The van der Waals surface area contributed by atoms with Gasteiger partial charge in [-0.05, 0) is 50.1 Å². The summed E-state index contributed by atoms with van der Waals surface area (Å²) in [6.45, 7) is 3.34. The van der Waals surface area contributed by atoms with Crippen molar-refractivity contribution in [1.82, 2.24) is 14.8 Å². The minimum atomic E-state index is -0.317. The molecule has 32 heavy (non-hydrogen) atoms. The third kappa shape index (κ3) is 3.96. The smallest absolute Gasteiger partial charge is 0.229 e. The fourth-order valence-electron chi connectivity index (χ4n) is 4.01. The highest BCUT2D eigenvalue weighted by molar-refractivity contribution is 7.22. The predicted octanol–water partition coefficient (Wildman–Crippen LogP) is 5.44. The number of rotatable bonds is 4. The molecule has 1 amide bonds. The van der Waals surface area contributed by atoms with E-state index >= 15 is 0 Å². The lowest BCUT2D eigenvalue weighted by Gasteiger charge is -2.31. The molecule has 0 saturated carbocycles. The van der Waals surface area contributed by atoms with Crippen LogP contribution in [0.25, 0.3) is 16.0 Å². The molecule has 0 aliphatic carbocycles. The first-order chi connectivity index (χ1) is 15.5. The van der Waals surface area contributed by atoms with Crippen LogP contribution in [-0.2, 0) is 4.79 Å². The highest BCUT2D eigenvalue weighted by Crippen LogP contribution is 2.35. The molecule has 1 fully saturated rings. The summed E-state index contributed by atoms with van der Waals surface area (Å²) >= 11 is 7.74. The van der Waals surface area contributed by atoms with E-state index in [-0.39, 0.29) is 17.6 Å². The van der Waals surface area contributed by atoms with Crippen molar-refractivity contribution in [3.05, 3.63) is 65.1 Å². The molecule has 0 unspecified atom stereocenters. The van der Waals surface area contributed by atoms with Gasteiger partial charge in [0.15, 0.2) is 10.8 Å². The van der Waals surface area contributed by atoms with Gasteiger partial charge in [-0.2, -0.15) is 10.1 Å². The Kier molecular flexibility index (Phi) is 5.57. The fourth-order valence-corrected chi connectivity index (χ4v) is 5.21. The largest absolute Gasteiger partial charge is 0.347 e. The number of amides is 1. The molecule has 1 aliphatic rings. The quantitative estimate of drug-likeness (QED) is 0.432. The van der Waals surface area contributed by atoms with Crippen LogP contribution in [-0.4, -0.2) is 33.8 Å². The molecule has 2 aromatic heterocycles. The molecule has 6 nitrogen and oxygen atoms in total. The van der Waals surface area contributed by atoms with E-state index in [1.165, 1.54) is 12.1 Å². The van der Waals surface area contributed by atoms with Crippen molar-refractivity contribution in [3.63, 3.8) is 0 Å². The molecule has 1 N–H and O–H groups in total. The van der Waals surface area contributed by atoms with Crippen LogP contribution >= 0.6 is 22.9 Å². The summed E-state index contributed by atoms with van der Waals surface area (Å²) in [5.74, 6) is -0.512. The molecule has 5 rings (SSSR count). The standard InChI is InChI=1S/C23H21ClFN5OS/c1-14-20-21(30(28-14)17-8-4-7-16(25)12-17)27-23(32-20)29-11-5-6-15(13-29)22(31)26-19-10-3-2-9-18(19)24/h2-4,7-10,12,15H,5-6,11,13H2,1H3,(H,26,31)/t15-/m1/s1. The van der Waals surface area contributed by atoms with Crippen LogP contribution in [0.4, 0.5) is 15.2 Å². The first-order valence-electron chi connectivity index (χ1n) is 10.4. The second-order valence-electron chi connectivity index (χ2n) is 7.88. The Hall–Kier alpha value is -2.97. The summed E-state index contributed by atoms with van der Waals surface area (Å²) in [6.07, 6.45) is 1.71. The van der Waals surface area contributed by atoms with Crippen LogP contribution in [0, 0.1) is 18.7 Å². The van der Waals surface area contributed by atoms with E-state index in [1.54, 1.807) is 34.2 Å². The molecule has 3 heterocycles. The third-order valence-electron chi connectivity index (χ3n) is 5.62. The second kappa shape index (κ2) is 8.52. The van der Waals surface area contributed by atoms with Gasteiger partial charge in [0.25, 0.3) is 0 Å². The number of para-hydroxylation sites is 1. The molecule has 2 aromatic carbocycles. The zero-order valence-corrected chi connectivity index (χ0v) is 19.0. The minimum absolute atomic E-state index is 0.0361. The first-order valence-corrected chi connectivity index (χ1v) is 11.6. The van der Waals surface area contributed by atoms with E-state index < -0.39 is 0 Å². The van der Waals surface area contributed by atoms with Crippen LogP contribution in [0.2, 0.25) is 5.02 Å². The number of aryl methyl sites for hydroxylation is 1. The van der Waals surface area contributed by atoms with Gasteiger partial charge in [0, 0.05) is 13.1 Å². The molecule has 1 atom stereocenters. The van der Waals surface area contributed by atoms with Gasteiger partial charge in [0.05, 0.1) is 32.7 Å². The molecule has 1 saturated heterocycles. The molecule has 164 valence electrons. The molecule has 4 aromatic rings. The summed E-state index contributed by atoms with van der Waals surface area (Å²) in [7, 11) is 0. The van der Waals surface area contributed by atoms with Crippen molar-refractivity contribution in [2.24, 2.45) is 5.92 Å². The van der Waals surface area contributed by atoms with E-state index in [9.17, 15) is 9.18 Å². The Balaban J connectivity index is 1.39. The highest BCUT2D eigenvalue weighted by Gasteiger charge is 2.29. The van der Waals surface area contributed by atoms with Gasteiger partial charge in [0.2, 0.25) is 5.91 Å². The number of carbonyl (C=O) groups excluding carboxylic acids is 1. The van der Waals surface area contributed by atoms with Crippen molar-refractivity contribution < 1.29 is 9.18 Å². The second-order valence-corrected chi connectivity index (χ2v) is 9.27. The van der Waals surface area contributed by atoms with Gasteiger partial charge in [-0.3, -0.25) is 4.79 Å². The number of carbonyl (C=O) groups is 1. The zero-order valence-electron chi connectivity index (χ0n) is 17.4. The third-order valence-corrected chi connectivity index (χ3v) is 7.17. The summed E-state index contributed by atoms with van der Waals surface area (Å²) in [6, 6.07) is 13.6. The number of halogens is 2. The number of hydrogen-bond donors (Lipinski definition) is 1. The van der Waals surface area contributed by atoms with Crippen molar-refractivity contribution in [2.45, 2.75) is 19.8 Å². The van der Waals surface area contributed by atoms with Crippen LogP contribution in [0.1, 0.15) is 18.5 Å². The average molecular weight is 470 g/mol. The van der Waals surface area contributed by atoms with E-state index in [0.29, 0.717) is 28.6 Å². The van der Waals surface area contributed by atoms with Crippen LogP contribution in [0.5, 0.6) is 0 Å². The van der Waals surface area contributed by atoms with Crippen molar-refractivity contribution in [3.8, 4) is 5.69 Å². The zero-order chi connectivity index (χ0) is 22.2. The van der Waals surface area contributed by atoms with Crippen LogP contribution < -0.4 is 10.2 Å². The Morgan fingerprint density at radius 3 is 2.91 bits per heavy atom. The molecular formula is C23H21ClFN5OS. The maximum atomic E-state index is 13.7. The van der Waals surface area contributed by atoms with Gasteiger partial charge in [-0.1, -0.05) is 41.1 Å². The highest BCUT2D eigenvalue weighted by atomic mass is 35.5. The van der Waals surface area contributed by atoms with Crippen LogP contribution in [0.3, 0.4) is 0 Å². The maximum Gasteiger partial charge on any atom is 0.229 e. The monoisotopic (exact) mass is 469 g/mol. The number of fused-ring (bicyclic) bond motifs is 1. The summed E-state index contributed by atoms with van der Waals surface area (Å²) in [5.41, 5.74) is 2.81. The number of thiazole rings is 1. The lowest BCUT2D eigenvalue weighted by molar-refractivity contribution is -0.120. The van der Waals surface area contributed by atoms with Crippen LogP contribution in [0.15, 0.2) is 48.5 Å². The van der Waals surface area contributed by atoms with Gasteiger partial charge < -0.3 is 10.2 Å². The van der Waals surface area contributed by atoms with Crippen molar-refractivity contribution in [2.75, 3.05) is 23.3 Å². The lowest BCUT2D eigenvalue weighted by Crippen LogP contribution is -2.40. The molecule has 0 spiro atoms. The number of anilines is 2. The van der Waals surface area contributed by atoms with Crippen molar-refractivity contribution >= 4 is 50.0 Å². The minimum Gasteiger partial charge on any atom is -0.347 e. The van der Waals surface area contributed by atoms with E-state index in [0.717, 1.165) is 34.9 Å². The van der Waals surface area contributed by atoms with E-state index in [2.05, 4.69) is 15.3 Å². The maximum absolute atomic E-state index is 13.7. The average Bonchev–Trinajstić information content (AvgIpc) is 3.36. The number of hydrogen-bond acceptors (Lipinski definition) is 5. The summed E-state index contributed by atoms with van der Waals surface area (Å²) < 4.78 is 16.4. The molecular weight excluding hydrogens is 449 g/mol. The number of piperidine rings is 1. The first kappa shape index (κ1) is 20.9. The molecule has 0 bridgehead atoms. The van der Waals surface area contributed by atoms with E-state index in [4.69, 9.17) is 16.6 Å². The normalized spacial score (nSPS) is 16.5. The fraction of sp³-hybridized carbons (Fsp3) is 0.261. The van der Waals surface area contributed by atoms with E-state index in [1.807, 2.05) is 25.1 Å². The number of benzene rings is 2. The lowest BCUT2D eigenvalue weighted by atomic mass is 9.97. The summed E-state index contributed by atoms with van der Waals surface area (Å²) in [5, 5.41) is 8.88.